The first kappa shape index (κ1) is 18.1. The standard InChI is InChI=1S/C19H24N4O3S/c1-2-8-22-9-5-15-12-16(3-4-19(15)22)21-27(24,25)18-13-20-23(14-18)17-6-10-26-11-7-17/h3-5,9,12-14,17,21H,2,6-8,10-11H2,1H3. The first-order valence-corrected chi connectivity index (χ1v) is 10.8. The number of rotatable bonds is 6. The van der Waals surface area contributed by atoms with Crippen LogP contribution < -0.4 is 4.72 Å². The molecule has 0 amide bonds. The average Bonchev–Trinajstić information content (AvgIpc) is 3.31. The van der Waals surface area contributed by atoms with Gasteiger partial charge in [-0.15, -0.1) is 0 Å². The molecule has 4 rings (SSSR count). The van der Waals surface area contributed by atoms with E-state index in [-0.39, 0.29) is 10.9 Å². The van der Waals surface area contributed by atoms with Crippen molar-refractivity contribution in [3.05, 3.63) is 42.9 Å². The smallest absolute Gasteiger partial charge is 0.265 e. The molecule has 3 heterocycles. The van der Waals surface area contributed by atoms with E-state index in [0.717, 1.165) is 36.7 Å². The molecular weight excluding hydrogens is 364 g/mol. The molecule has 7 nitrogen and oxygen atoms in total. The molecule has 0 aliphatic carbocycles. The maximum absolute atomic E-state index is 12.7. The second kappa shape index (κ2) is 7.36. The Hall–Kier alpha value is -2.32. The van der Waals surface area contributed by atoms with Gasteiger partial charge in [-0.1, -0.05) is 6.92 Å². The number of fused-ring (bicyclic) bond motifs is 1. The van der Waals surface area contributed by atoms with Crippen LogP contribution in [0.5, 0.6) is 0 Å². The number of sulfonamides is 1. The molecule has 1 fully saturated rings. The lowest BCUT2D eigenvalue weighted by Crippen LogP contribution is -2.20. The summed E-state index contributed by atoms with van der Waals surface area (Å²) in [6.07, 6.45) is 7.79. The third-order valence-electron chi connectivity index (χ3n) is 4.94. The van der Waals surface area contributed by atoms with Gasteiger partial charge in [-0.05, 0) is 43.5 Å². The highest BCUT2D eigenvalue weighted by Gasteiger charge is 2.21. The Balaban J connectivity index is 1.54. The minimum Gasteiger partial charge on any atom is -0.381 e. The summed E-state index contributed by atoms with van der Waals surface area (Å²) < 4.78 is 37.4. The molecule has 1 aromatic carbocycles. The van der Waals surface area contributed by atoms with Gasteiger partial charge in [0.25, 0.3) is 10.0 Å². The van der Waals surface area contributed by atoms with E-state index in [1.807, 2.05) is 24.4 Å². The van der Waals surface area contributed by atoms with Crippen LogP contribution in [-0.4, -0.2) is 36.0 Å². The third-order valence-corrected chi connectivity index (χ3v) is 6.28. The number of aromatic nitrogens is 3. The summed E-state index contributed by atoms with van der Waals surface area (Å²) in [5.74, 6) is 0. The van der Waals surface area contributed by atoms with Crippen LogP contribution in [0.1, 0.15) is 32.2 Å². The summed E-state index contributed by atoms with van der Waals surface area (Å²) in [5.41, 5.74) is 1.66. The summed E-state index contributed by atoms with van der Waals surface area (Å²) >= 11 is 0. The Morgan fingerprint density at radius 2 is 2.07 bits per heavy atom. The predicted octanol–water partition coefficient (Wildman–Crippen LogP) is 3.40. The maximum Gasteiger partial charge on any atom is 0.265 e. The van der Waals surface area contributed by atoms with Gasteiger partial charge in [0.1, 0.15) is 4.90 Å². The number of benzene rings is 1. The number of hydrogen-bond donors (Lipinski definition) is 1. The molecule has 0 saturated carbocycles. The first-order chi connectivity index (χ1) is 13.1. The Kier molecular flexibility index (Phi) is 4.92. The molecule has 0 bridgehead atoms. The molecule has 8 heteroatoms. The highest BCUT2D eigenvalue weighted by molar-refractivity contribution is 7.92. The second-order valence-electron chi connectivity index (χ2n) is 6.89. The topological polar surface area (TPSA) is 78.2 Å². The Labute approximate surface area is 159 Å². The zero-order chi connectivity index (χ0) is 18.9. The van der Waals surface area contributed by atoms with Gasteiger partial charge < -0.3 is 9.30 Å². The molecule has 3 aromatic rings. The molecule has 1 N–H and O–H groups in total. The molecule has 0 unspecified atom stereocenters. The summed E-state index contributed by atoms with van der Waals surface area (Å²) in [6, 6.07) is 7.81. The van der Waals surface area contributed by atoms with Gasteiger partial charge in [-0.25, -0.2) is 8.42 Å². The molecule has 0 atom stereocenters. The van der Waals surface area contributed by atoms with Crippen LogP contribution in [0, 0.1) is 0 Å². The van der Waals surface area contributed by atoms with Gasteiger partial charge >= 0.3 is 0 Å². The highest BCUT2D eigenvalue weighted by atomic mass is 32.2. The van der Waals surface area contributed by atoms with Crippen molar-refractivity contribution in [2.45, 2.75) is 43.7 Å². The summed E-state index contributed by atoms with van der Waals surface area (Å²) in [7, 11) is -3.67. The predicted molar refractivity (Wildman–Crippen MR) is 104 cm³/mol. The van der Waals surface area contributed by atoms with E-state index in [4.69, 9.17) is 4.74 Å². The maximum atomic E-state index is 12.7. The lowest BCUT2D eigenvalue weighted by molar-refractivity contribution is 0.0662. The van der Waals surface area contributed by atoms with Crippen LogP contribution in [0.2, 0.25) is 0 Å². The second-order valence-corrected chi connectivity index (χ2v) is 8.57. The Morgan fingerprint density at radius 3 is 2.85 bits per heavy atom. The molecule has 1 saturated heterocycles. The largest absolute Gasteiger partial charge is 0.381 e. The molecule has 2 aromatic heterocycles. The SMILES string of the molecule is CCCn1ccc2cc(NS(=O)(=O)c3cnn(C4CCOCC4)c3)ccc21. The van der Waals surface area contributed by atoms with Gasteiger partial charge in [0, 0.05) is 48.7 Å². The number of nitrogens with zero attached hydrogens (tertiary/aromatic N) is 3. The monoisotopic (exact) mass is 388 g/mol. The van der Waals surface area contributed by atoms with E-state index in [0.29, 0.717) is 18.9 Å². The fraction of sp³-hybridized carbons (Fsp3) is 0.421. The van der Waals surface area contributed by atoms with E-state index in [1.165, 1.54) is 6.20 Å². The quantitative estimate of drug-likeness (QED) is 0.702. The zero-order valence-corrected chi connectivity index (χ0v) is 16.2. The molecule has 0 radical (unpaired) electrons. The van der Waals surface area contributed by atoms with Crippen LogP contribution in [0.4, 0.5) is 5.69 Å². The Morgan fingerprint density at radius 1 is 1.26 bits per heavy atom. The molecule has 1 aliphatic rings. The van der Waals surface area contributed by atoms with Crippen LogP contribution in [0.25, 0.3) is 10.9 Å². The lowest BCUT2D eigenvalue weighted by Gasteiger charge is -2.22. The van der Waals surface area contributed by atoms with Crippen molar-refractivity contribution in [1.82, 2.24) is 14.3 Å². The van der Waals surface area contributed by atoms with Gasteiger partial charge in [0.15, 0.2) is 0 Å². The molecule has 0 spiro atoms. The van der Waals surface area contributed by atoms with Gasteiger partial charge in [-0.3, -0.25) is 9.40 Å². The number of ether oxygens (including phenoxy) is 1. The molecule has 27 heavy (non-hydrogen) atoms. The van der Waals surface area contributed by atoms with Crippen molar-refractivity contribution in [2.75, 3.05) is 17.9 Å². The van der Waals surface area contributed by atoms with E-state index in [2.05, 4.69) is 21.3 Å². The van der Waals surface area contributed by atoms with Crippen LogP contribution in [0.3, 0.4) is 0 Å². The summed E-state index contributed by atoms with van der Waals surface area (Å²) in [6.45, 7) is 4.44. The highest BCUT2D eigenvalue weighted by Crippen LogP contribution is 2.25. The molecule has 1 aliphatic heterocycles. The minimum atomic E-state index is -3.67. The first-order valence-electron chi connectivity index (χ1n) is 9.30. The third kappa shape index (κ3) is 3.72. The van der Waals surface area contributed by atoms with E-state index in [9.17, 15) is 8.42 Å². The van der Waals surface area contributed by atoms with Crippen LogP contribution in [0.15, 0.2) is 47.8 Å². The normalized spacial score (nSPS) is 16.0. The summed E-state index contributed by atoms with van der Waals surface area (Å²) in [5, 5.41) is 5.28. The van der Waals surface area contributed by atoms with Gasteiger partial charge in [0.05, 0.1) is 12.2 Å². The van der Waals surface area contributed by atoms with Gasteiger partial charge in [0.2, 0.25) is 0 Å². The number of anilines is 1. The van der Waals surface area contributed by atoms with Gasteiger partial charge in [-0.2, -0.15) is 5.10 Å². The van der Waals surface area contributed by atoms with Crippen molar-refractivity contribution in [1.29, 1.82) is 0 Å². The van der Waals surface area contributed by atoms with E-state index >= 15 is 0 Å². The number of hydrogen-bond acceptors (Lipinski definition) is 4. The zero-order valence-electron chi connectivity index (χ0n) is 15.3. The Bertz CT molecular complexity index is 1030. The minimum absolute atomic E-state index is 0.178. The van der Waals surface area contributed by atoms with E-state index < -0.39 is 10.0 Å². The van der Waals surface area contributed by atoms with Crippen LogP contribution >= 0.6 is 0 Å². The van der Waals surface area contributed by atoms with Crippen molar-refractivity contribution in [2.24, 2.45) is 0 Å². The number of aryl methyl sites for hydroxylation is 1. The molecular formula is C19H24N4O3S. The molecule has 144 valence electrons. The van der Waals surface area contributed by atoms with Crippen molar-refractivity contribution >= 4 is 26.6 Å². The number of nitrogens with one attached hydrogen (secondary N) is 1. The fourth-order valence-corrected chi connectivity index (χ4v) is 4.51. The fourth-order valence-electron chi connectivity index (χ4n) is 3.52. The summed E-state index contributed by atoms with van der Waals surface area (Å²) in [4.78, 5) is 0.178. The lowest BCUT2D eigenvalue weighted by atomic mass is 10.1. The average molecular weight is 388 g/mol. The van der Waals surface area contributed by atoms with Crippen molar-refractivity contribution in [3.63, 3.8) is 0 Å². The van der Waals surface area contributed by atoms with Crippen LogP contribution in [-0.2, 0) is 21.3 Å². The van der Waals surface area contributed by atoms with Crippen molar-refractivity contribution < 1.29 is 13.2 Å². The van der Waals surface area contributed by atoms with Crippen molar-refractivity contribution in [3.8, 4) is 0 Å². The van der Waals surface area contributed by atoms with E-state index in [1.54, 1.807) is 16.9 Å².